The van der Waals surface area contributed by atoms with Crippen molar-refractivity contribution in [2.75, 3.05) is 7.05 Å². The maximum atomic E-state index is 13.6. The first-order chi connectivity index (χ1) is 22.1. The van der Waals surface area contributed by atoms with Crippen molar-refractivity contribution in [3.63, 3.8) is 0 Å². The third kappa shape index (κ3) is 7.89. The van der Waals surface area contributed by atoms with Crippen LogP contribution in [0.25, 0.3) is 5.65 Å². The molecule has 2 aromatic heterocycles. The van der Waals surface area contributed by atoms with Gasteiger partial charge in [0, 0.05) is 12.6 Å². The van der Waals surface area contributed by atoms with Crippen LogP contribution in [0, 0.1) is 18.6 Å². The predicted octanol–water partition coefficient (Wildman–Crippen LogP) is 4.68. The number of amides is 2. The molecule has 12 nitrogen and oxygen atoms in total. The molecule has 1 aliphatic rings. The molecule has 2 aromatic carbocycles. The Hall–Kier alpha value is -4.95. The number of carboxylic acids is 1. The lowest BCUT2D eigenvalue weighted by Crippen LogP contribution is -2.31. The summed E-state index contributed by atoms with van der Waals surface area (Å²) in [5.74, 6) is -5.33. The fourth-order valence-electron chi connectivity index (χ4n) is 5.13. The van der Waals surface area contributed by atoms with Crippen molar-refractivity contribution in [2.24, 2.45) is 0 Å². The standard InChI is InChI=1S/C31H29F2N5O6.CH4ClN/c1-15-17-8-10-23(19(17)7-6-18(15)30(43)44-31(2,3)4)37-28(40)25-12-24(36-26-20(29(41)42)14-35-38(25)26)27(39)34-13-16-5-9-21(32)22(33)11-16;1-3-2/h5-7,9,11-12,14,23H,8,10,13H2,1-4H3,(H,34,39)(H,37,40)(H,41,42);3H,1H3/t23-;/m0./s1. The zero-order valence-electron chi connectivity index (χ0n) is 26.2. The number of nitrogens with zero attached hydrogens (tertiary/aromatic N) is 3. The van der Waals surface area contributed by atoms with Crippen molar-refractivity contribution < 1.29 is 37.8 Å². The predicted molar refractivity (Wildman–Crippen MR) is 167 cm³/mol. The van der Waals surface area contributed by atoms with Gasteiger partial charge in [0.2, 0.25) is 0 Å². The topological polar surface area (TPSA) is 164 Å². The smallest absolute Gasteiger partial charge is 0.341 e. The summed E-state index contributed by atoms with van der Waals surface area (Å²) in [6, 6.07) is 7.33. The summed E-state index contributed by atoms with van der Waals surface area (Å²) in [5.41, 5.74) is 1.59. The van der Waals surface area contributed by atoms with Crippen LogP contribution in [0.4, 0.5) is 8.78 Å². The van der Waals surface area contributed by atoms with Gasteiger partial charge < -0.3 is 20.5 Å². The molecule has 1 atom stereocenters. The molecule has 15 heteroatoms. The number of carboxylic acid groups (broad SMARTS) is 1. The quantitative estimate of drug-likeness (QED) is 0.162. The number of hydrogen-bond donors (Lipinski definition) is 4. The number of ether oxygens (including phenoxy) is 1. The molecule has 4 aromatic rings. The number of nitrogens with one attached hydrogen (secondary N) is 3. The summed E-state index contributed by atoms with van der Waals surface area (Å²) in [4.78, 5) is 57.5. The van der Waals surface area contributed by atoms with Gasteiger partial charge in [-0.25, -0.2) is 32.7 Å². The van der Waals surface area contributed by atoms with Crippen LogP contribution in [0.1, 0.15) is 97.2 Å². The number of esters is 1. The van der Waals surface area contributed by atoms with Gasteiger partial charge in [-0.2, -0.15) is 5.10 Å². The molecule has 4 N–H and O–H groups in total. The number of rotatable bonds is 7. The molecule has 2 heterocycles. The van der Waals surface area contributed by atoms with Crippen molar-refractivity contribution in [2.45, 2.75) is 58.7 Å². The average molecular weight is 671 g/mol. The van der Waals surface area contributed by atoms with Gasteiger partial charge in [0.25, 0.3) is 11.8 Å². The number of benzene rings is 2. The molecule has 2 amide bonds. The molecule has 0 radical (unpaired) electrons. The Labute approximate surface area is 273 Å². The second-order valence-electron chi connectivity index (χ2n) is 11.6. The van der Waals surface area contributed by atoms with E-state index < -0.39 is 47.0 Å². The van der Waals surface area contributed by atoms with E-state index in [-0.39, 0.29) is 34.7 Å². The van der Waals surface area contributed by atoms with E-state index >= 15 is 0 Å². The first kappa shape index (κ1) is 34.9. The Morgan fingerprint density at radius 2 is 1.77 bits per heavy atom. The van der Waals surface area contributed by atoms with Crippen molar-refractivity contribution in [1.29, 1.82) is 0 Å². The maximum Gasteiger partial charge on any atom is 0.341 e. The lowest BCUT2D eigenvalue weighted by molar-refractivity contribution is 0.00681. The fraction of sp³-hybridized carbons (Fsp3) is 0.312. The van der Waals surface area contributed by atoms with Crippen LogP contribution in [0.15, 0.2) is 42.6 Å². The third-order valence-corrected chi connectivity index (χ3v) is 7.22. The minimum absolute atomic E-state index is 0.143. The van der Waals surface area contributed by atoms with Crippen molar-refractivity contribution in [3.8, 4) is 0 Å². The number of aromatic nitrogens is 3. The molecular weight excluding hydrogens is 638 g/mol. The van der Waals surface area contributed by atoms with Crippen LogP contribution >= 0.6 is 11.8 Å². The van der Waals surface area contributed by atoms with Crippen LogP contribution < -0.4 is 15.5 Å². The lowest BCUT2D eigenvalue weighted by atomic mass is 9.97. The highest BCUT2D eigenvalue weighted by atomic mass is 35.5. The normalized spacial score (nSPS) is 13.7. The zero-order valence-corrected chi connectivity index (χ0v) is 27.0. The van der Waals surface area contributed by atoms with E-state index in [1.54, 1.807) is 40.0 Å². The van der Waals surface area contributed by atoms with Crippen molar-refractivity contribution in [3.05, 3.63) is 99.0 Å². The van der Waals surface area contributed by atoms with Gasteiger partial charge in [0.1, 0.15) is 22.6 Å². The van der Waals surface area contributed by atoms with E-state index in [9.17, 15) is 33.1 Å². The first-order valence-corrected chi connectivity index (χ1v) is 14.8. The average Bonchev–Trinajstić information content (AvgIpc) is 3.61. The maximum absolute atomic E-state index is 13.6. The van der Waals surface area contributed by atoms with E-state index in [2.05, 4.69) is 25.6 Å². The SMILES string of the molecule is CNCl.Cc1c(C(=O)OC(C)(C)C)ccc2c1CC[C@@H]2NC(=O)c1cc(C(=O)NCc2ccc(F)c(F)c2)nc2c(C(=O)O)cnn12. The molecule has 248 valence electrons. The summed E-state index contributed by atoms with van der Waals surface area (Å²) in [7, 11) is 1.64. The van der Waals surface area contributed by atoms with E-state index in [1.165, 1.54) is 12.1 Å². The summed E-state index contributed by atoms with van der Waals surface area (Å²) >= 11 is 4.75. The zero-order chi connectivity index (χ0) is 34.6. The van der Waals surface area contributed by atoms with Crippen molar-refractivity contribution >= 4 is 41.2 Å². The van der Waals surface area contributed by atoms with E-state index in [0.29, 0.717) is 18.4 Å². The van der Waals surface area contributed by atoms with Gasteiger partial charge in [-0.15, -0.1) is 0 Å². The molecule has 47 heavy (non-hydrogen) atoms. The van der Waals surface area contributed by atoms with Gasteiger partial charge >= 0.3 is 11.9 Å². The molecule has 0 saturated carbocycles. The fourth-order valence-corrected chi connectivity index (χ4v) is 5.13. The molecule has 0 aliphatic heterocycles. The van der Waals surface area contributed by atoms with Crippen LogP contribution in [0.5, 0.6) is 0 Å². The number of carbonyl (C=O) groups is 4. The monoisotopic (exact) mass is 670 g/mol. The van der Waals surface area contributed by atoms with E-state index in [0.717, 1.165) is 39.5 Å². The summed E-state index contributed by atoms with van der Waals surface area (Å²) in [6.45, 7) is 7.01. The molecule has 5 rings (SSSR count). The summed E-state index contributed by atoms with van der Waals surface area (Å²) < 4.78 is 33.4. The molecule has 0 bridgehead atoms. The van der Waals surface area contributed by atoms with Crippen LogP contribution in [0.3, 0.4) is 0 Å². The highest BCUT2D eigenvalue weighted by Crippen LogP contribution is 2.35. The first-order valence-electron chi connectivity index (χ1n) is 14.4. The largest absolute Gasteiger partial charge is 0.477 e. The minimum atomic E-state index is -1.36. The van der Waals surface area contributed by atoms with E-state index in [4.69, 9.17) is 16.5 Å². The highest BCUT2D eigenvalue weighted by molar-refractivity contribution is 6.13. The lowest BCUT2D eigenvalue weighted by Gasteiger charge is -2.21. The van der Waals surface area contributed by atoms with Crippen LogP contribution in [-0.2, 0) is 17.7 Å². The summed E-state index contributed by atoms with van der Waals surface area (Å²) in [5, 5.41) is 19.1. The molecule has 0 fully saturated rings. The Morgan fingerprint density at radius 1 is 1.06 bits per heavy atom. The van der Waals surface area contributed by atoms with Gasteiger partial charge in [-0.3, -0.25) is 9.59 Å². The Morgan fingerprint density at radius 3 is 2.40 bits per heavy atom. The molecule has 1 aliphatic carbocycles. The second kappa shape index (κ2) is 14.2. The molecular formula is C32H33ClF2N6O6. The highest BCUT2D eigenvalue weighted by Gasteiger charge is 2.30. The number of carbonyl (C=O) groups excluding carboxylic acids is 3. The number of halogens is 3. The Bertz CT molecular complexity index is 1870. The van der Waals surface area contributed by atoms with Crippen molar-refractivity contribution in [1.82, 2.24) is 30.1 Å². The molecule has 0 spiro atoms. The van der Waals surface area contributed by atoms with Gasteiger partial charge in [-0.05, 0) is 99.8 Å². The van der Waals surface area contributed by atoms with Gasteiger partial charge in [0.05, 0.1) is 17.8 Å². The number of hydrogen-bond acceptors (Lipinski definition) is 8. The number of fused-ring (bicyclic) bond motifs is 2. The van der Waals surface area contributed by atoms with Crippen LogP contribution in [0.2, 0.25) is 0 Å². The number of aromatic carboxylic acids is 1. The Kier molecular flexibility index (Phi) is 10.6. The Balaban J connectivity index is 0.00000160. The van der Waals surface area contributed by atoms with E-state index in [1.807, 2.05) is 6.92 Å². The summed E-state index contributed by atoms with van der Waals surface area (Å²) in [6.07, 6.45) is 2.16. The van der Waals surface area contributed by atoms with Crippen LogP contribution in [-0.4, -0.2) is 56.1 Å². The molecule has 0 saturated heterocycles. The van der Waals surface area contributed by atoms with Gasteiger partial charge in [0.15, 0.2) is 17.3 Å². The second-order valence-corrected chi connectivity index (χ2v) is 12.0. The third-order valence-electron chi connectivity index (χ3n) is 7.22. The molecule has 0 unspecified atom stereocenters. The van der Waals surface area contributed by atoms with Gasteiger partial charge in [-0.1, -0.05) is 12.1 Å². The minimum Gasteiger partial charge on any atom is -0.477 e.